The number of piperidine rings is 1. The summed E-state index contributed by atoms with van der Waals surface area (Å²) >= 11 is 8.07. The molecule has 1 saturated carbocycles. The number of hydrogen-bond donors (Lipinski definition) is 1. The van der Waals surface area contributed by atoms with Gasteiger partial charge in [0.25, 0.3) is 5.91 Å². The van der Waals surface area contributed by atoms with Crippen molar-refractivity contribution in [2.75, 3.05) is 57.9 Å². The molecule has 2 atom stereocenters. The quantitative estimate of drug-likeness (QED) is 0.262. The van der Waals surface area contributed by atoms with Crippen molar-refractivity contribution in [3.8, 4) is 0 Å². The van der Waals surface area contributed by atoms with Gasteiger partial charge in [-0.1, -0.05) is 36.7 Å². The van der Waals surface area contributed by atoms with Crippen molar-refractivity contribution in [1.82, 2.24) is 14.7 Å². The van der Waals surface area contributed by atoms with Crippen molar-refractivity contribution in [1.29, 1.82) is 0 Å². The van der Waals surface area contributed by atoms with Gasteiger partial charge in [-0.05, 0) is 87.7 Å². The van der Waals surface area contributed by atoms with Gasteiger partial charge in [-0.25, -0.2) is 4.39 Å². The second kappa shape index (κ2) is 15.7. The number of ether oxygens (including phenoxy) is 2. The summed E-state index contributed by atoms with van der Waals surface area (Å²) in [6.45, 7) is 9.12. The molecule has 3 aliphatic heterocycles. The summed E-state index contributed by atoms with van der Waals surface area (Å²) in [7, 11) is 0. The molecule has 3 aromatic rings. The maximum absolute atomic E-state index is 15.6. The van der Waals surface area contributed by atoms with E-state index >= 15 is 4.39 Å². The highest BCUT2D eigenvalue weighted by Gasteiger charge is 2.40. The summed E-state index contributed by atoms with van der Waals surface area (Å²) in [5.41, 5.74) is 0.927. The highest BCUT2D eigenvalue weighted by atomic mass is 35.5. The van der Waals surface area contributed by atoms with Gasteiger partial charge in [-0.15, -0.1) is 11.3 Å². The van der Waals surface area contributed by atoms with Gasteiger partial charge in [0, 0.05) is 47.2 Å². The monoisotopic (exact) mass is 710 g/mol. The molecule has 8 nitrogen and oxygen atoms in total. The van der Waals surface area contributed by atoms with E-state index in [2.05, 4.69) is 22.0 Å². The van der Waals surface area contributed by atoms with Gasteiger partial charge in [0.05, 0.1) is 54.7 Å². The first-order chi connectivity index (χ1) is 23.8. The standard InChI is InChI=1S/C38H48ClFN4O4S/c1-25-6-8-30(9-7-25)48-23-29-20-28(42-12-10-27(11-13-42)43-14-16-47-17-15-43)22-44(29)37(45)19-26-18-33(39)35(21-34(26)40)41-38(46)32-24-49-36-5-3-2-4-31(32)36/h2-5,18,21,24-25,27-30H,6-17,19-20,22-23H2,1H3,(H,41,46)/t25-,28-,29-,30-/m0/s1. The van der Waals surface area contributed by atoms with Crippen LogP contribution in [0.25, 0.3) is 10.1 Å². The van der Waals surface area contributed by atoms with Gasteiger partial charge in [-0.3, -0.25) is 19.4 Å². The topological polar surface area (TPSA) is 74.3 Å². The highest BCUT2D eigenvalue weighted by molar-refractivity contribution is 7.17. The molecule has 1 N–H and O–H groups in total. The van der Waals surface area contributed by atoms with E-state index in [1.807, 2.05) is 29.2 Å². The minimum atomic E-state index is -0.562. The Bertz CT molecular complexity index is 1620. The third kappa shape index (κ3) is 8.16. The summed E-state index contributed by atoms with van der Waals surface area (Å²) in [5.74, 6) is -0.289. The zero-order valence-corrected chi connectivity index (χ0v) is 30.0. The van der Waals surface area contributed by atoms with Gasteiger partial charge in [0.15, 0.2) is 0 Å². The van der Waals surface area contributed by atoms with Crippen LogP contribution in [0, 0.1) is 11.7 Å². The summed E-state index contributed by atoms with van der Waals surface area (Å²) in [4.78, 5) is 34.2. The molecule has 4 fully saturated rings. The molecule has 1 aliphatic carbocycles. The number of carbonyl (C=O) groups is 2. The molecule has 3 saturated heterocycles. The number of benzene rings is 2. The smallest absolute Gasteiger partial charge is 0.257 e. The minimum absolute atomic E-state index is 0.0497. The van der Waals surface area contributed by atoms with Crippen LogP contribution in [-0.2, 0) is 20.7 Å². The Hall–Kier alpha value is -2.60. The molecular formula is C38H48ClFN4O4S. The summed E-state index contributed by atoms with van der Waals surface area (Å²) in [6.07, 6.45) is 7.74. The molecule has 2 aromatic carbocycles. The SMILES string of the molecule is C[C@H]1CC[C@H](OC[C@@H]2C[C@H](N3CCC(N4CCOCC4)CC3)CN2C(=O)Cc2cc(Cl)c(NC(=O)c3csc4ccccc34)cc2F)CC1. The predicted molar refractivity (Wildman–Crippen MR) is 193 cm³/mol. The fraction of sp³-hybridized carbons (Fsp3) is 0.579. The van der Waals surface area contributed by atoms with Crippen molar-refractivity contribution >= 4 is 50.5 Å². The van der Waals surface area contributed by atoms with Crippen molar-refractivity contribution in [2.24, 2.45) is 5.92 Å². The number of morpholine rings is 1. The average Bonchev–Trinajstić information content (AvgIpc) is 3.76. The summed E-state index contributed by atoms with van der Waals surface area (Å²) < 4.78 is 28.6. The Morgan fingerprint density at radius 3 is 2.51 bits per heavy atom. The molecule has 11 heteroatoms. The first kappa shape index (κ1) is 34.8. The number of fused-ring (bicyclic) bond motifs is 1. The molecule has 4 heterocycles. The van der Waals surface area contributed by atoms with E-state index in [9.17, 15) is 9.59 Å². The molecule has 49 heavy (non-hydrogen) atoms. The van der Waals surface area contributed by atoms with Gasteiger partial charge in [0.2, 0.25) is 5.91 Å². The molecule has 2 amide bonds. The molecule has 0 radical (unpaired) electrons. The first-order valence-electron chi connectivity index (χ1n) is 18.0. The lowest BCUT2D eigenvalue weighted by Gasteiger charge is -2.41. The number of halogens is 2. The number of likely N-dealkylation sites (tertiary alicyclic amines) is 2. The van der Waals surface area contributed by atoms with E-state index in [-0.39, 0.29) is 52.7 Å². The Morgan fingerprint density at radius 1 is 1.00 bits per heavy atom. The molecule has 1 aromatic heterocycles. The molecule has 264 valence electrons. The van der Waals surface area contributed by atoms with E-state index in [0.29, 0.717) is 24.8 Å². The largest absolute Gasteiger partial charge is 0.379 e. The number of rotatable bonds is 9. The fourth-order valence-corrected chi connectivity index (χ4v) is 9.42. The van der Waals surface area contributed by atoms with Crippen LogP contribution in [0.4, 0.5) is 10.1 Å². The highest BCUT2D eigenvalue weighted by Crippen LogP contribution is 2.33. The third-order valence-corrected chi connectivity index (χ3v) is 12.5. The number of nitrogens with one attached hydrogen (secondary N) is 1. The van der Waals surface area contributed by atoms with Gasteiger partial charge < -0.3 is 19.7 Å². The van der Waals surface area contributed by atoms with E-state index in [4.69, 9.17) is 21.1 Å². The molecule has 0 unspecified atom stereocenters. The van der Waals surface area contributed by atoms with Crippen molar-refractivity contribution in [3.05, 3.63) is 63.7 Å². The van der Waals surface area contributed by atoms with Gasteiger partial charge in [-0.2, -0.15) is 0 Å². The lowest BCUT2D eigenvalue weighted by Crippen LogP contribution is -2.51. The Morgan fingerprint density at radius 2 is 1.73 bits per heavy atom. The minimum Gasteiger partial charge on any atom is -0.379 e. The van der Waals surface area contributed by atoms with E-state index in [1.165, 1.54) is 36.3 Å². The molecule has 7 rings (SSSR count). The Labute approximate surface area is 297 Å². The van der Waals surface area contributed by atoms with Crippen LogP contribution < -0.4 is 5.32 Å². The number of thiophene rings is 1. The number of amides is 2. The third-order valence-electron chi connectivity index (χ3n) is 11.2. The van der Waals surface area contributed by atoms with Crippen molar-refractivity contribution in [3.63, 3.8) is 0 Å². The molecular weight excluding hydrogens is 663 g/mol. The zero-order chi connectivity index (χ0) is 33.9. The lowest BCUT2D eigenvalue weighted by atomic mass is 9.89. The molecule has 0 spiro atoms. The second-order valence-electron chi connectivity index (χ2n) is 14.4. The van der Waals surface area contributed by atoms with Crippen LogP contribution in [0.3, 0.4) is 0 Å². The van der Waals surface area contributed by atoms with Crippen LogP contribution in [0.1, 0.15) is 67.8 Å². The normalized spacial score (nSPS) is 26.0. The Kier molecular flexibility index (Phi) is 11.2. The van der Waals surface area contributed by atoms with Crippen LogP contribution in [-0.4, -0.2) is 103 Å². The van der Waals surface area contributed by atoms with E-state index in [1.54, 1.807) is 5.38 Å². The number of hydrogen-bond acceptors (Lipinski definition) is 7. The van der Waals surface area contributed by atoms with Crippen LogP contribution in [0.2, 0.25) is 5.02 Å². The van der Waals surface area contributed by atoms with E-state index < -0.39 is 5.82 Å². The maximum Gasteiger partial charge on any atom is 0.257 e. The zero-order valence-electron chi connectivity index (χ0n) is 28.4. The van der Waals surface area contributed by atoms with Crippen LogP contribution in [0.15, 0.2) is 41.8 Å². The molecule has 4 aliphatic rings. The molecule has 0 bridgehead atoms. The Balaban J connectivity index is 1.01. The number of carbonyl (C=O) groups excluding carboxylic acids is 2. The fourth-order valence-electron chi connectivity index (χ4n) is 8.25. The average molecular weight is 711 g/mol. The first-order valence-corrected chi connectivity index (χ1v) is 19.3. The lowest BCUT2D eigenvalue weighted by molar-refractivity contribution is -0.133. The second-order valence-corrected chi connectivity index (χ2v) is 15.7. The van der Waals surface area contributed by atoms with E-state index in [0.717, 1.165) is 87.5 Å². The van der Waals surface area contributed by atoms with Gasteiger partial charge >= 0.3 is 0 Å². The summed E-state index contributed by atoms with van der Waals surface area (Å²) in [5, 5.41) is 5.61. The summed E-state index contributed by atoms with van der Waals surface area (Å²) in [6, 6.07) is 11.2. The van der Waals surface area contributed by atoms with Gasteiger partial charge in [0.1, 0.15) is 5.82 Å². The van der Waals surface area contributed by atoms with Crippen molar-refractivity contribution < 1.29 is 23.5 Å². The van der Waals surface area contributed by atoms with Crippen LogP contribution in [0.5, 0.6) is 0 Å². The maximum atomic E-state index is 15.6. The number of nitrogens with zero attached hydrogens (tertiary/aromatic N) is 3. The number of anilines is 1. The van der Waals surface area contributed by atoms with Crippen molar-refractivity contribution in [2.45, 2.75) is 82.5 Å². The van der Waals surface area contributed by atoms with Crippen LogP contribution >= 0.6 is 22.9 Å². The predicted octanol–water partition coefficient (Wildman–Crippen LogP) is 6.85.